The van der Waals surface area contributed by atoms with Crippen molar-refractivity contribution in [1.29, 1.82) is 0 Å². The Hall–Kier alpha value is -2.47. The third kappa shape index (κ3) is 4.08. The van der Waals surface area contributed by atoms with E-state index in [4.69, 9.17) is 9.47 Å². The van der Waals surface area contributed by atoms with Gasteiger partial charge in [0, 0.05) is 23.8 Å². The van der Waals surface area contributed by atoms with Crippen molar-refractivity contribution in [2.75, 3.05) is 19.5 Å². The Morgan fingerprint density at radius 2 is 1.92 bits per heavy atom. The number of ether oxygens (including phenoxy) is 2. The maximum Gasteiger partial charge on any atom is 0.258 e. The average molecular weight is 342 g/mol. The number of methoxy groups -OCH3 is 1. The van der Waals surface area contributed by atoms with Crippen molar-refractivity contribution in [3.05, 3.63) is 70.8 Å². The maximum atomic E-state index is 12.0. The van der Waals surface area contributed by atoms with Gasteiger partial charge in [-0.1, -0.05) is 6.07 Å². The maximum absolute atomic E-state index is 12.0. The SMILES string of the molecule is COc1ccc(OCCSCc2cc(=O)n3ccccc3n2)cc1. The lowest BCUT2D eigenvalue weighted by Gasteiger charge is -2.07. The van der Waals surface area contributed by atoms with Crippen LogP contribution in [-0.2, 0) is 5.75 Å². The summed E-state index contributed by atoms with van der Waals surface area (Å²) in [7, 11) is 1.64. The van der Waals surface area contributed by atoms with Crippen molar-refractivity contribution < 1.29 is 9.47 Å². The number of aromatic nitrogens is 2. The number of thioether (sulfide) groups is 1. The molecule has 5 nitrogen and oxygen atoms in total. The van der Waals surface area contributed by atoms with Gasteiger partial charge in [0.05, 0.1) is 19.4 Å². The van der Waals surface area contributed by atoms with Crippen molar-refractivity contribution in [3.8, 4) is 11.5 Å². The van der Waals surface area contributed by atoms with Crippen LogP contribution in [0.5, 0.6) is 11.5 Å². The zero-order chi connectivity index (χ0) is 16.8. The quantitative estimate of drug-likeness (QED) is 0.618. The van der Waals surface area contributed by atoms with E-state index in [-0.39, 0.29) is 5.56 Å². The molecule has 3 rings (SSSR count). The van der Waals surface area contributed by atoms with Gasteiger partial charge in [0.15, 0.2) is 0 Å². The number of rotatable bonds is 7. The molecule has 0 radical (unpaired) electrons. The van der Waals surface area contributed by atoms with Crippen molar-refractivity contribution in [1.82, 2.24) is 9.38 Å². The summed E-state index contributed by atoms with van der Waals surface area (Å²) in [5, 5.41) is 0. The summed E-state index contributed by atoms with van der Waals surface area (Å²) in [5.41, 5.74) is 1.42. The first-order valence-electron chi connectivity index (χ1n) is 7.58. The van der Waals surface area contributed by atoms with Gasteiger partial charge in [-0.2, -0.15) is 11.8 Å². The first-order chi connectivity index (χ1) is 11.8. The van der Waals surface area contributed by atoms with Gasteiger partial charge in [-0.05, 0) is 36.4 Å². The zero-order valence-electron chi connectivity index (χ0n) is 13.3. The van der Waals surface area contributed by atoms with Gasteiger partial charge in [-0.15, -0.1) is 0 Å². The van der Waals surface area contributed by atoms with E-state index in [1.165, 1.54) is 0 Å². The van der Waals surface area contributed by atoms with E-state index in [2.05, 4.69) is 4.98 Å². The fourth-order valence-electron chi connectivity index (χ4n) is 2.24. The van der Waals surface area contributed by atoms with Crippen LogP contribution in [0.1, 0.15) is 5.69 Å². The second-order valence-corrected chi connectivity index (χ2v) is 6.20. The number of nitrogens with zero attached hydrogens (tertiary/aromatic N) is 2. The normalized spacial score (nSPS) is 10.7. The number of hydrogen-bond donors (Lipinski definition) is 0. The second kappa shape index (κ2) is 7.88. The fourth-order valence-corrected chi connectivity index (χ4v) is 2.95. The minimum Gasteiger partial charge on any atom is -0.497 e. The lowest BCUT2D eigenvalue weighted by molar-refractivity contribution is 0.342. The van der Waals surface area contributed by atoms with Gasteiger partial charge in [-0.3, -0.25) is 9.20 Å². The van der Waals surface area contributed by atoms with Crippen molar-refractivity contribution in [2.24, 2.45) is 0 Å². The molecule has 0 saturated carbocycles. The van der Waals surface area contributed by atoms with Gasteiger partial charge in [0.25, 0.3) is 5.56 Å². The number of fused-ring (bicyclic) bond motifs is 1. The Kier molecular flexibility index (Phi) is 5.38. The molecule has 24 heavy (non-hydrogen) atoms. The summed E-state index contributed by atoms with van der Waals surface area (Å²) >= 11 is 1.69. The zero-order valence-corrected chi connectivity index (χ0v) is 14.2. The van der Waals surface area contributed by atoms with Crippen LogP contribution in [0.3, 0.4) is 0 Å². The Bertz CT molecular complexity index is 862. The number of benzene rings is 1. The predicted molar refractivity (Wildman–Crippen MR) is 96.1 cm³/mol. The van der Waals surface area contributed by atoms with Gasteiger partial charge < -0.3 is 9.47 Å². The lowest BCUT2D eigenvalue weighted by atomic mass is 10.3. The van der Waals surface area contributed by atoms with Crippen LogP contribution >= 0.6 is 11.8 Å². The Morgan fingerprint density at radius 3 is 2.71 bits per heavy atom. The minimum absolute atomic E-state index is 0.0503. The summed E-state index contributed by atoms with van der Waals surface area (Å²) in [6.07, 6.45) is 1.73. The highest BCUT2D eigenvalue weighted by Gasteiger charge is 2.02. The molecule has 0 aliphatic heterocycles. The van der Waals surface area contributed by atoms with E-state index in [0.29, 0.717) is 18.0 Å². The Labute approximate surface area is 144 Å². The predicted octanol–water partition coefficient (Wildman–Crippen LogP) is 3.02. The van der Waals surface area contributed by atoms with Gasteiger partial charge >= 0.3 is 0 Å². The van der Waals surface area contributed by atoms with Crippen LogP contribution in [0.4, 0.5) is 0 Å². The van der Waals surface area contributed by atoms with Gasteiger partial charge in [-0.25, -0.2) is 4.98 Å². The third-order valence-corrected chi connectivity index (χ3v) is 4.39. The molecule has 124 valence electrons. The van der Waals surface area contributed by atoms with Crippen LogP contribution in [-0.4, -0.2) is 28.9 Å². The molecule has 2 heterocycles. The highest BCUT2D eigenvalue weighted by Crippen LogP contribution is 2.17. The first-order valence-corrected chi connectivity index (χ1v) is 8.73. The Balaban J connectivity index is 1.48. The fraction of sp³-hybridized carbons (Fsp3) is 0.222. The molecule has 0 atom stereocenters. The van der Waals surface area contributed by atoms with Crippen LogP contribution in [0.15, 0.2) is 59.5 Å². The van der Waals surface area contributed by atoms with E-state index in [0.717, 1.165) is 22.9 Å². The molecular formula is C18H18N2O3S. The highest BCUT2D eigenvalue weighted by atomic mass is 32.2. The molecule has 0 aliphatic rings. The number of hydrogen-bond acceptors (Lipinski definition) is 5. The highest BCUT2D eigenvalue weighted by molar-refractivity contribution is 7.98. The molecule has 0 bridgehead atoms. The van der Waals surface area contributed by atoms with Crippen LogP contribution in [0.2, 0.25) is 0 Å². The molecule has 0 fully saturated rings. The molecule has 0 unspecified atom stereocenters. The van der Waals surface area contributed by atoms with Crippen molar-refractivity contribution in [2.45, 2.75) is 5.75 Å². The Morgan fingerprint density at radius 1 is 1.12 bits per heavy atom. The summed E-state index contributed by atoms with van der Waals surface area (Å²) in [5.74, 6) is 3.14. The molecule has 0 spiro atoms. The minimum atomic E-state index is -0.0503. The first kappa shape index (κ1) is 16.4. The van der Waals surface area contributed by atoms with Gasteiger partial charge in [0.1, 0.15) is 17.1 Å². The van der Waals surface area contributed by atoms with E-state index in [1.807, 2.05) is 42.5 Å². The van der Waals surface area contributed by atoms with E-state index < -0.39 is 0 Å². The topological polar surface area (TPSA) is 52.8 Å². The standard InChI is InChI=1S/C18H18N2O3S/c1-22-15-5-7-16(8-6-15)23-10-11-24-13-14-12-18(21)20-9-3-2-4-17(20)19-14/h2-9,12H,10-11,13H2,1H3. The molecule has 3 aromatic rings. The summed E-state index contributed by atoms with van der Waals surface area (Å²) in [6, 6.07) is 14.6. The molecule has 2 aromatic heterocycles. The molecule has 0 N–H and O–H groups in total. The summed E-state index contributed by atoms with van der Waals surface area (Å²) in [6.45, 7) is 0.601. The monoisotopic (exact) mass is 342 g/mol. The molecular weight excluding hydrogens is 324 g/mol. The van der Waals surface area contributed by atoms with Crippen molar-refractivity contribution >= 4 is 17.4 Å². The van der Waals surface area contributed by atoms with Crippen molar-refractivity contribution in [3.63, 3.8) is 0 Å². The van der Waals surface area contributed by atoms with E-state index in [1.54, 1.807) is 35.5 Å². The summed E-state index contributed by atoms with van der Waals surface area (Å²) < 4.78 is 12.3. The average Bonchev–Trinajstić information content (AvgIpc) is 2.62. The second-order valence-electron chi connectivity index (χ2n) is 5.09. The lowest BCUT2D eigenvalue weighted by Crippen LogP contribution is -2.14. The molecule has 6 heteroatoms. The molecule has 1 aromatic carbocycles. The largest absolute Gasteiger partial charge is 0.497 e. The van der Waals surface area contributed by atoms with E-state index >= 15 is 0 Å². The van der Waals surface area contributed by atoms with Crippen LogP contribution in [0, 0.1) is 0 Å². The van der Waals surface area contributed by atoms with Crippen LogP contribution < -0.4 is 15.0 Å². The molecule has 0 saturated heterocycles. The summed E-state index contributed by atoms with van der Waals surface area (Å²) in [4.78, 5) is 16.5. The van der Waals surface area contributed by atoms with Crippen LogP contribution in [0.25, 0.3) is 5.65 Å². The van der Waals surface area contributed by atoms with E-state index in [9.17, 15) is 4.79 Å². The smallest absolute Gasteiger partial charge is 0.258 e. The number of pyridine rings is 1. The third-order valence-electron chi connectivity index (χ3n) is 3.43. The molecule has 0 aliphatic carbocycles. The molecule has 0 amide bonds. The van der Waals surface area contributed by atoms with Gasteiger partial charge in [0.2, 0.25) is 0 Å².